The number of nitrogens with zero attached hydrogens (tertiary/aromatic N) is 1. The molecule has 0 fully saturated rings. The SMILES string of the molecule is C=CCN1C(=O)COc2cc(NC(=O)c3ccccc3OC)ccc21. The van der Waals surface area contributed by atoms with Crippen molar-refractivity contribution in [2.24, 2.45) is 0 Å². The number of carbonyl (C=O) groups excluding carboxylic acids is 2. The van der Waals surface area contributed by atoms with Gasteiger partial charge in [-0.25, -0.2) is 0 Å². The number of fused-ring (bicyclic) bond motifs is 1. The average molecular weight is 338 g/mol. The van der Waals surface area contributed by atoms with Gasteiger partial charge < -0.3 is 19.7 Å². The molecule has 6 nitrogen and oxygen atoms in total. The van der Waals surface area contributed by atoms with Gasteiger partial charge in [-0.05, 0) is 24.3 Å². The van der Waals surface area contributed by atoms with Crippen LogP contribution < -0.4 is 19.7 Å². The molecular weight excluding hydrogens is 320 g/mol. The zero-order valence-corrected chi connectivity index (χ0v) is 13.8. The van der Waals surface area contributed by atoms with Gasteiger partial charge in [-0.15, -0.1) is 6.58 Å². The first-order chi connectivity index (χ1) is 12.1. The second-order valence-electron chi connectivity index (χ2n) is 5.42. The summed E-state index contributed by atoms with van der Waals surface area (Å²) in [7, 11) is 1.52. The van der Waals surface area contributed by atoms with Crippen LogP contribution in [-0.4, -0.2) is 32.1 Å². The summed E-state index contributed by atoms with van der Waals surface area (Å²) in [5.74, 6) is 0.627. The third-order valence-corrected chi connectivity index (χ3v) is 3.82. The Morgan fingerprint density at radius 3 is 2.92 bits per heavy atom. The molecular formula is C19H18N2O4. The molecule has 1 heterocycles. The lowest BCUT2D eigenvalue weighted by Crippen LogP contribution is -2.38. The Hall–Kier alpha value is -3.28. The summed E-state index contributed by atoms with van der Waals surface area (Å²) in [4.78, 5) is 26.0. The van der Waals surface area contributed by atoms with Crippen molar-refractivity contribution in [3.8, 4) is 11.5 Å². The lowest BCUT2D eigenvalue weighted by atomic mass is 10.1. The van der Waals surface area contributed by atoms with Crippen LogP contribution in [-0.2, 0) is 4.79 Å². The van der Waals surface area contributed by atoms with Crippen molar-refractivity contribution in [2.75, 3.05) is 30.5 Å². The highest BCUT2D eigenvalue weighted by atomic mass is 16.5. The van der Waals surface area contributed by atoms with Crippen LogP contribution in [0.25, 0.3) is 0 Å². The lowest BCUT2D eigenvalue weighted by Gasteiger charge is -2.28. The van der Waals surface area contributed by atoms with E-state index in [9.17, 15) is 9.59 Å². The van der Waals surface area contributed by atoms with Crippen molar-refractivity contribution in [1.82, 2.24) is 0 Å². The quantitative estimate of drug-likeness (QED) is 0.851. The Morgan fingerprint density at radius 2 is 2.16 bits per heavy atom. The number of para-hydroxylation sites is 1. The highest BCUT2D eigenvalue weighted by molar-refractivity contribution is 6.06. The largest absolute Gasteiger partial charge is 0.496 e. The molecule has 0 spiro atoms. The van der Waals surface area contributed by atoms with Crippen LogP contribution in [0.5, 0.6) is 11.5 Å². The van der Waals surface area contributed by atoms with Crippen LogP contribution in [0.4, 0.5) is 11.4 Å². The fourth-order valence-corrected chi connectivity index (χ4v) is 2.64. The minimum Gasteiger partial charge on any atom is -0.496 e. The van der Waals surface area contributed by atoms with E-state index in [-0.39, 0.29) is 18.4 Å². The maximum absolute atomic E-state index is 12.5. The van der Waals surface area contributed by atoms with E-state index in [1.54, 1.807) is 53.4 Å². The van der Waals surface area contributed by atoms with Gasteiger partial charge in [-0.3, -0.25) is 9.59 Å². The fourth-order valence-electron chi connectivity index (χ4n) is 2.64. The number of nitrogens with one attached hydrogen (secondary N) is 1. The second kappa shape index (κ2) is 7.09. The molecule has 0 aliphatic carbocycles. The van der Waals surface area contributed by atoms with Crippen LogP contribution in [0.3, 0.4) is 0 Å². The second-order valence-corrected chi connectivity index (χ2v) is 5.42. The Labute approximate surface area is 145 Å². The molecule has 25 heavy (non-hydrogen) atoms. The van der Waals surface area contributed by atoms with Crippen molar-refractivity contribution >= 4 is 23.2 Å². The minimum absolute atomic E-state index is 0.0370. The number of ether oxygens (including phenoxy) is 2. The summed E-state index contributed by atoms with van der Waals surface area (Å²) >= 11 is 0. The molecule has 2 aromatic carbocycles. The third-order valence-electron chi connectivity index (χ3n) is 3.82. The molecule has 128 valence electrons. The van der Waals surface area contributed by atoms with Crippen LogP contribution in [0.2, 0.25) is 0 Å². The van der Waals surface area contributed by atoms with Gasteiger partial charge in [0.05, 0.1) is 18.4 Å². The maximum Gasteiger partial charge on any atom is 0.265 e. The Morgan fingerprint density at radius 1 is 1.36 bits per heavy atom. The molecule has 0 saturated carbocycles. The van der Waals surface area contributed by atoms with Crippen LogP contribution in [0.15, 0.2) is 55.1 Å². The van der Waals surface area contributed by atoms with Crippen molar-refractivity contribution in [3.63, 3.8) is 0 Å². The fraction of sp³-hybridized carbons (Fsp3) is 0.158. The van der Waals surface area contributed by atoms with Gasteiger partial charge in [0.2, 0.25) is 0 Å². The first-order valence-corrected chi connectivity index (χ1v) is 7.76. The molecule has 1 aliphatic rings. The van der Waals surface area contributed by atoms with E-state index in [0.717, 1.165) is 0 Å². The van der Waals surface area contributed by atoms with Crippen LogP contribution in [0, 0.1) is 0 Å². The van der Waals surface area contributed by atoms with E-state index in [1.807, 2.05) is 0 Å². The third kappa shape index (κ3) is 3.33. The summed E-state index contributed by atoms with van der Waals surface area (Å²) in [5, 5.41) is 2.82. The molecule has 0 radical (unpaired) electrons. The number of hydrogen-bond donors (Lipinski definition) is 1. The standard InChI is InChI=1S/C19H18N2O4/c1-3-10-21-15-9-8-13(11-17(15)25-12-18(21)22)20-19(23)14-6-4-5-7-16(14)24-2/h3-9,11H,1,10,12H2,2H3,(H,20,23). The average Bonchev–Trinajstić information content (AvgIpc) is 2.64. The first-order valence-electron chi connectivity index (χ1n) is 7.76. The highest BCUT2D eigenvalue weighted by Gasteiger charge is 2.25. The van der Waals surface area contributed by atoms with E-state index in [2.05, 4.69) is 11.9 Å². The van der Waals surface area contributed by atoms with E-state index in [1.165, 1.54) is 7.11 Å². The van der Waals surface area contributed by atoms with Crippen molar-refractivity contribution < 1.29 is 19.1 Å². The topological polar surface area (TPSA) is 67.9 Å². The number of benzene rings is 2. The summed E-state index contributed by atoms with van der Waals surface area (Å²) in [6.07, 6.45) is 1.66. The minimum atomic E-state index is -0.285. The predicted molar refractivity (Wildman–Crippen MR) is 95.4 cm³/mol. The molecule has 2 aromatic rings. The highest BCUT2D eigenvalue weighted by Crippen LogP contribution is 2.34. The number of methoxy groups -OCH3 is 1. The normalized spacial score (nSPS) is 12.8. The van der Waals surface area contributed by atoms with Crippen LogP contribution in [0.1, 0.15) is 10.4 Å². The van der Waals surface area contributed by atoms with Gasteiger partial charge in [-0.1, -0.05) is 18.2 Å². The molecule has 0 saturated heterocycles. The van der Waals surface area contributed by atoms with Crippen LogP contribution >= 0.6 is 0 Å². The van der Waals surface area contributed by atoms with E-state index >= 15 is 0 Å². The predicted octanol–water partition coefficient (Wildman–Crippen LogP) is 2.86. The van der Waals surface area contributed by atoms with Gasteiger partial charge in [0.25, 0.3) is 11.8 Å². The number of hydrogen-bond acceptors (Lipinski definition) is 4. The first kappa shape index (κ1) is 16.6. The van der Waals surface area contributed by atoms with Gasteiger partial charge in [0.15, 0.2) is 6.61 Å². The molecule has 3 rings (SSSR count). The molecule has 6 heteroatoms. The molecule has 2 amide bonds. The number of rotatable bonds is 5. The maximum atomic E-state index is 12.5. The molecule has 0 atom stereocenters. The summed E-state index contributed by atoms with van der Waals surface area (Å²) in [5.41, 5.74) is 1.67. The van der Waals surface area contributed by atoms with Crippen molar-refractivity contribution in [1.29, 1.82) is 0 Å². The number of amides is 2. The molecule has 0 unspecified atom stereocenters. The molecule has 0 bridgehead atoms. The smallest absolute Gasteiger partial charge is 0.265 e. The van der Waals surface area contributed by atoms with E-state index < -0.39 is 0 Å². The Kier molecular flexibility index (Phi) is 4.70. The van der Waals surface area contributed by atoms with Crippen molar-refractivity contribution in [3.05, 3.63) is 60.7 Å². The summed E-state index contributed by atoms with van der Waals surface area (Å²) in [6.45, 7) is 4.03. The summed E-state index contributed by atoms with van der Waals surface area (Å²) < 4.78 is 10.7. The zero-order chi connectivity index (χ0) is 17.8. The van der Waals surface area contributed by atoms with Gasteiger partial charge in [0.1, 0.15) is 11.5 Å². The lowest BCUT2D eigenvalue weighted by molar-refractivity contribution is -0.121. The van der Waals surface area contributed by atoms with Crippen molar-refractivity contribution in [2.45, 2.75) is 0 Å². The van der Waals surface area contributed by atoms with E-state index in [4.69, 9.17) is 9.47 Å². The zero-order valence-electron chi connectivity index (χ0n) is 13.8. The summed E-state index contributed by atoms with van der Waals surface area (Å²) in [6, 6.07) is 12.2. The Balaban J connectivity index is 1.84. The van der Waals surface area contributed by atoms with Gasteiger partial charge >= 0.3 is 0 Å². The molecule has 0 aromatic heterocycles. The van der Waals surface area contributed by atoms with Gasteiger partial charge in [-0.2, -0.15) is 0 Å². The Bertz CT molecular complexity index is 832. The molecule has 1 N–H and O–H groups in total. The number of carbonyl (C=O) groups is 2. The van der Waals surface area contributed by atoms with E-state index in [0.29, 0.717) is 35.0 Å². The number of anilines is 2. The monoisotopic (exact) mass is 338 g/mol. The van der Waals surface area contributed by atoms with Gasteiger partial charge in [0, 0.05) is 18.3 Å². The molecule has 1 aliphatic heterocycles.